The van der Waals surface area contributed by atoms with E-state index >= 15 is 0 Å². The Morgan fingerprint density at radius 1 is 1.10 bits per heavy atom. The van der Waals surface area contributed by atoms with Gasteiger partial charge in [-0.05, 0) is 36.7 Å². The Balaban J connectivity index is 1.47. The molecule has 0 radical (unpaired) electrons. The molecular formula is C24H30N4O2. The molecule has 1 aromatic heterocycles. The summed E-state index contributed by atoms with van der Waals surface area (Å²) < 4.78 is 5.50. The quantitative estimate of drug-likeness (QED) is 0.688. The van der Waals surface area contributed by atoms with E-state index in [4.69, 9.17) is 9.72 Å². The van der Waals surface area contributed by atoms with E-state index in [1.807, 2.05) is 6.07 Å². The molecule has 30 heavy (non-hydrogen) atoms. The first-order valence-electron chi connectivity index (χ1n) is 10.5. The molecule has 1 spiro atoms. The van der Waals surface area contributed by atoms with Crippen molar-refractivity contribution in [3.05, 3.63) is 35.9 Å². The van der Waals surface area contributed by atoms with Gasteiger partial charge in [0.2, 0.25) is 0 Å². The molecule has 6 nitrogen and oxygen atoms in total. The number of phenolic OH excluding ortho intramolecular Hbond substituents is 1. The van der Waals surface area contributed by atoms with Crippen molar-refractivity contribution < 1.29 is 9.84 Å². The number of benzene rings is 2. The van der Waals surface area contributed by atoms with Crippen LogP contribution in [0.3, 0.4) is 0 Å². The van der Waals surface area contributed by atoms with E-state index in [9.17, 15) is 5.11 Å². The predicted molar refractivity (Wildman–Crippen MR) is 121 cm³/mol. The van der Waals surface area contributed by atoms with Gasteiger partial charge in [0.1, 0.15) is 17.3 Å². The molecule has 0 saturated carbocycles. The van der Waals surface area contributed by atoms with Crippen molar-refractivity contribution in [2.45, 2.75) is 26.2 Å². The van der Waals surface area contributed by atoms with Crippen LogP contribution in [0, 0.1) is 5.41 Å². The zero-order valence-electron chi connectivity index (χ0n) is 18.4. The fourth-order valence-corrected chi connectivity index (χ4v) is 5.08. The van der Waals surface area contributed by atoms with E-state index in [0.29, 0.717) is 22.6 Å². The average Bonchev–Trinajstić information content (AvgIpc) is 3.04. The lowest BCUT2D eigenvalue weighted by atomic mass is 9.73. The van der Waals surface area contributed by atoms with Crippen molar-refractivity contribution in [1.29, 1.82) is 0 Å². The smallest absolute Gasteiger partial charge is 0.142 e. The van der Waals surface area contributed by atoms with Crippen molar-refractivity contribution in [3.63, 3.8) is 0 Å². The molecule has 158 valence electrons. The Bertz CT molecular complexity index is 1110. The summed E-state index contributed by atoms with van der Waals surface area (Å²) in [6, 6.07) is 10.1. The number of aromatic nitrogens is 2. The zero-order valence-corrected chi connectivity index (χ0v) is 18.4. The first kappa shape index (κ1) is 19.2. The molecule has 2 saturated heterocycles. The summed E-state index contributed by atoms with van der Waals surface area (Å²) in [5, 5.41) is 10.6. The van der Waals surface area contributed by atoms with Crippen LogP contribution >= 0.6 is 0 Å². The van der Waals surface area contributed by atoms with Crippen molar-refractivity contribution in [2.75, 3.05) is 45.2 Å². The number of methoxy groups -OCH3 is 1. The van der Waals surface area contributed by atoms with Crippen LogP contribution in [0.25, 0.3) is 22.4 Å². The van der Waals surface area contributed by atoms with Gasteiger partial charge in [-0.15, -0.1) is 0 Å². The highest BCUT2D eigenvalue weighted by molar-refractivity contribution is 5.84. The minimum Gasteiger partial charge on any atom is -0.507 e. The highest BCUT2D eigenvalue weighted by atomic mass is 16.5. The van der Waals surface area contributed by atoms with Crippen molar-refractivity contribution >= 4 is 16.7 Å². The van der Waals surface area contributed by atoms with E-state index in [1.165, 1.54) is 18.8 Å². The number of rotatable bonds is 3. The number of nitrogens with zero attached hydrogens (tertiary/aromatic N) is 3. The Kier molecular flexibility index (Phi) is 4.09. The second-order valence-corrected chi connectivity index (χ2v) is 10.1. The highest BCUT2D eigenvalue weighted by Gasteiger charge is 2.50. The van der Waals surface area contributed by atoms with Crippen LogP contribution in [-0.4, -0.2) is 60.3 Å². The van der Waals surface area contributed by atoms with E-state index in [0.717, 1.165) is 29.7 Å². The van der Waals surface area contributed by atoms with E-state index in [2.05, 4.69) is 60.8 Å². The van der Waals surface area contributed by atoms with Gasteiger partial charge in [-0.25, -0.2) is 4.98 Å². The maximum atomic E-state index is 10.6. The van der Waals surface area contributed by atoms with Gasteiger partial charge in [0.25, 0.3) is 0 Å². The summed E-state index contributed by atoms with van der Waals surface area (Å²) in [4.78, 5) is 13.0. The van der Waals surface area contributed by atoms with Gasteiger partial charge >= 0.3 is 0 Å². The molecule has 6 heteroatoms. The van der Waals surface area contributed by atoms with Crippen LogP contribution in [0.2, 0.25) is 0 Å². The number of aromatic hydroxyl groups is 1. The molecular weight excluding hydrogens is 376 g/mol. The number of imidazole rings is 1. The van der Waals surface area contributed by atoms with Crippen LogP contribution < -0.4 is 9.64 Å². The predicted octanol–water partition coefficient (Wildman–Crippen LogP) is 3.99. The largest absolute Gasteiger partial charge is 0.507 e. The maximum absolute atomic E-state index is 10.6. The molecule has 2 aliphatic heterocycles. The number of phenols is 1. The van der Waals surface area contributed by atoms with Crippen molar-refractivity contribution in [1.82, 2.24) is 14.9 Å². The number of fused-ring (bicyclic) bond motifs is 1. The first-order valence-corrected chi connectivity index (χ1v) is 10.5. The Labute approximate surface area is 177 Å². The molecule has 2 N–H and O–H groups in total. The third-order valence-electron chi connectivity index (χ3n) is 6.47. The van der Waals surface area contributed by atoms with Gasteiger partial charge in [-0.1, -0.05) is 20.8 Å². The number of hydrogen-bond donors (Lipinski definition) is 2. The Hall–Kier alpha value is -2.73. The average molecular weight is 407 g/mol. The molecule has 2 aromatic carbocycles. The van der Waals surface area contributed by atoms with E-state index < -0.39 is 0 Å². The second-order valence-electron chi connectivity index (χ2n) is 10.1. The summed E-state index contributed by atoms with van der Waals surface area (Å²) >= 11 is 0. The first-order chi connectivity index (χ1) is 14.2. The number of anilines is 1. The molecule has 5 rings (SSSR count). The minimum absolute atomic E-state index is 0.115. The molecule has 3 aromatic rings. The standard InChI is InChI=1S/C24H30N4O2/c1-23(2,3)17-9-16(20(29)10-21(17)30-5)22-25-18-7-6-15(8-19(18)26-22)28-13-24(14-28)11-27(4)12-24/h6-10,29H,11-14H2,1-5H3,(H,25,26). The summed E-state index contributed by atoms with van der Waals surface area (Å²) in [5.74, 6) is 1.53. The number of aromatic amines is 1. The highest BCUT2D eigenvalue weighted by Crippen LogP contribution is 2.42. The minimum atomic E-state index is -0.115. The number of hydrogen-bond acceptors (Lipinski definition) is 5. The lowest BCUT2D eigenvalue weighted by Gasteiger charge is -2.60. The van der Waals surface area contributed by atoms with Crippen LogP contribution in [0.4, 0.5) is 5.69 Å². The topological polar surface area (TPSA) is 64.6 Å². The van der Waals surface area contributed by atoms with Crippen LogP contribution in [0.5, 0.6) is 11.5 Å². The molecule has 0 unspecified atom stereocenters. The molecule has 0 amide bonds. The molecule has 3 heterocycles. The number of H-pyrrole nitrogens is 1. The third-order valence-corrected chi connectivity index (χ3v) is 6.47. The number of nitrogens with one attached hydrogen (secondary N) is 1. The normalized spacial score (nSPS) is 18.5. The number of ether oxygens (including phenoxy) is 1. The fraction of sp³-hybridized carbons (Fsp3) is 0.458. The molecule has 2 aliphatic rings. The summed E-state index contributed by atoms with van der Waals surface area (Å²) in [5.41, 5.74) is 5.24. The van der Waals surface area contributed by atoms with Gasteiger partial charge in [-0.2, -0.15) is 0 Å². The van der Waals surface area contributed by atoms with Crippen LogP contribution in [0.15, 0.2) is 30.3 Å². The molecule has 0 atom stereocenters. The van der Waals surface area contributed by atoms with E-state index in [1.54, 1.807) is 13.2 Å². The SMILES string of the molecule is COc1cc(O)c(-c2nc3ccc(N4CC5(CN(C)C5)C4)cc3[nH]2)cc1C(C)(C)C. The van der Waals surface area contributed by atoms with Crippen molar-refractivity contribution in [3.8, 4) is 22.9 Å². The number of likely N-dealkylation sites (tertiary alicyclic amines) is 1. The maximum Gasteiger partial charge on any atom is 0.142 e. The summed E-state index contributed by atoms with van der Waals surface area (Å²) in [6.07, 6.45) is 0. The van der Waals surface area contributed by atoms with E-state index in [-0.39, 0.29) is 11.2 Å². The zero-order chi connectivity index (χ0) is 21.3. The molecule has 0 aliphatic carbocycles. The van der Waals surface area contributed by atoms with Crippen molar-refractivity contribution in [2.24, 2.45) is 5.41 Å². The van der Waals surface area contributed by atoms with Gasteiger partial charge < -0.3 is 24.6 Å². The summed E-state index contributed by atoms with van der Waals surface area (Å²) in [6.45, 7) is 11.1. The lowest BCUT2D eigenvalue weighted by molar-refractivity contribution is -0.00237. The van der Waals surface area contributed by atoms with Gasteiger partial charge in [0.15, 0.2) is 0 Å². The Morgan fingerprint density at radius 2 is 1.83 bits per heavy atom. The fourth-order valence-electron chi connectivity index (χ4n) is 5.08. The third kappa shape index (κ3) is 3.01. The second kappa shape index (κ2) is 6.38. The van der Waals surface area contributed by atoms with Crippen LogP contribution in [-0.2, 0) is 5.41 Å². The monoisotopic (exact) mass is 406 g/mol. The van der Waals surface area contributed by atoms with Gasteiger partial charge in [0.05, 0.1) is 23.7 Å². The van der Waals surface area contributed by atoms with Gasteiger partial charge in [0, 0.05) is 48.9 Å². The van der Waals surface area contributed by atoms with Crippen LogP contribution in [0.1, 0.15) is 26.3 Å². The lowest BCUT2D eigenvalue weighted by Crippen LogP contribution is -2.71. The summed E-state index contributed by atoms with van der Waals surface area (Å²) in [7, 11) is 3.82. The van der Waals surface area contributed by atoms with Gasteiger partial charge in [-0.3, -0.25) is 0 Å². The molecule has 0 bridgehead atoms. The molecule has 2 fully saturated rings. The Morgan fingerprint density at radius 3 is 2.47 bits per heavy atom.